The van der Waals surface area contributed by atoms with Crippen LogP contribution in [0.3, 0.4) is 0 Å². The van der Waals surface area contributed by atoms with Gasteiger partial charge in [-0.05, 0) is 42.4 Å². The number of hydrogen-bond donors (Lipinski definition) is 2. The number of carboxylic acid groups (broad SMARTS) is 1. The zero-order valence-electron chi connectivity index (χ0n) is 11.6. The first-order chi connectivity index (χ1) is 9.74. The highest BCUT2D eigenvalue weighted by atomic mass is 32.2. The minimum Gasteiger partial charge on any atom is -0.478 e. The van der Waals surface area contributed by atoms with Gasteiger partial charge in [0.05, 0.1) is 5.56 Å². The van der Waals surface area contributed by atoms with E-state index in [2.05, 4.69) is 11.6 Å². The molecule has 0 atom stereocenters. The number of fused-ring (bicyclic) bond motifs is 1. The molecular formula is C16H19NO2S. The number of carboxylic acids is 1. The molecule has 0 amide bonds. The molecule has 0 fully saturated rings. The number of anilines is 1. The van der Waals surface area contributed by atoms with Gasteiger partial charge >= 0.3 is 5.97 Å². The molecule has 4 heteroatoms. The van der Waals surface area contributed by atoms with Gasteiger partial charge in [0.15, 0.2) is 0 Å². The summed E-state index contributed by atoms with van der Waals surface area (Å²) in [6, 6.07) is 11.2. The van der Waals surface area contributed by atoms with Gasteiger partial charge in [0, 0.05) is 17.6 Å². The summed E-state index contributed by atoms with van der Waals surface area (Å²) >= 11 is 1.86. The summed E-state index contributed by atoms with van der Waals surface area (Å²) in [5.41, 5.74) is 1.36. The van der Waals surface area contributed by atoms with Crippen LogP contribution >= 0.6 is 11.8 Å². The predicted octanol–water partition coefficient (Wildman–Crippen LogP) is 4.09. The first-order valence-electron chi connectivity index (χ1n) is 6.72. The van der Waals surface area contributed by atoms with Crippen LogP contribution in [0.25, 0.3) is 10.8 Å². The summed E-state index contributed by atoms with van der Waals surface area (Å²) in [7, 11) is 0. The number of thioether (sulfide) groups is 1. The fourth-order valence-electron chi connectivity index (χ4n) is 2.23. The Morgan fingerprint density at radius 1 is 1.15 bits per heavy atom. The fraction of sp³-hybridized carbons (Fsp3) is 0.312. The van der Waals surface area contributed by atoms with E-state index in [-0.39, 0.29) is 0 Å². The second kappa shape index (κ2) is 7.20. The van der Waals surface area contributed by atoms with Gasteiger partial charge in [-0.2, -0.15) is 11.8 Å². The number of unbranched alkanes of at least 4 members (excludes halogenated alkanes) is 1. The van der Waals surface area contributed by atoms with E-state index in [4.69, 9.17) is 0 Å². The Labute approximate surface area is 123 Å². The lowest BCUT2D eigenvalue weighted by Crippen LogP contribution is -2.04. The minimum absolute atomic E-state index is 0.355. The Morgan fingerprint density at radius 2 is 1.90 bits per heavy atom. The second-order valence-electron chi connectivity index (χ2n) is 4.64. The molecule has 0 aliphatic carbocycles. The molecule has 0 spiro atoms. The number of hydrogen-bond acceptors (Lipinski definition) is 3. The maximum atomic E-state index is 11.2. The van der Waals surface area contributed by atoms with Crippen molar-refractivity contribution >= 4 is 34.2 Å². The summed E-state index contributed by atoms with van der Waals surface area (Å²) in [6.07, 6.45) is 4.43. The van der Waals surface area contributed by atoms with Crippen LogP contribution in [-0.4, -0.2) is 29.6 Å². The van der Waals surface area contributed by atoms with Crippen molar-refractivity contribution in [2.75, 3.05) is 23.9 Å². The lowest BCUT2D eigenvalue weighted by Gasteiger charge is -2.11. The van der Waals surface area contributed by atoms with Gasteiger partial charge in [0.1, 0.15) is 0 Å². The van der Waals surface area contributed by atoms with Gasteiger partial charge in [-0.1, -0.05) is 24.3 Å². The van der Waals surface area contributed by atoms with Crippen LogP contribution in [-0.2, 0) is 0 Å². The average molecular weight is 289 g/mol. The quantitative estimate of drug-likeness (QED) is 0.754. The van der Waals surface area contributed by atoms with E-state index in [0.29, 0.717) is 5.56 Å². The smallest absolute Gasteiger partial charge is 0.336 e. The SMILES string of the molecule is CSCCCCNc1ccc(C(=O)O)c2ccccc12. The zero-order valence-corrected chi connectivity index (χ0v) is 12.4. The second-order valence-corrected chi connectivity index (χ2v) is 5.62. The normalized spacial score (nSPS) is 10.7. The van der Waals surface area contributed by atoms with Crippen LogP contribution in [0.15, 0.2) is 36.4 Å². The summed E-state index contributed by atoms with van der Waals surface area (Å²) < 4.78 is 0. The van der Waals surface area contributed by atoms with Crippen molar-refractivity contribution < 1.29 is 9.90 Å². The van der Waals surface area contributed by atoms with E-state index < -0.39 is 5.97 Å². The Balaban J connectivity index is 2.18. The molecule has 20 heavy (non-hydrogen) atoms. The van der Waals surface area contributed by atoms with Gasteiger partial charge in [0.2, 0.25) is 0 Å². The Morgan fingerprint density at radius 3 is 2.60 bits per heavy atom. The van der Waals surface area contributed by atoms with Gasteiger partial charge in [-0.15, -0.1) is 0 Å². The van der Waals surface area contributed by atoms with Gasteiger partial charge < -0.3 is 10.4 Å². The molecular weight excluding hydrogens is 270 g/mol. The molecule has 0 aliphatic heterocycles. The average Bonchev–Trinajstić information content (AvgIpc) is 2.46. The van der Waals surface area contributed by atoms with E-state index >= 15 is 0 Å². The highest BCUT2D eigenvalue weighted by molar-refractivity contribution is 7.98. The fourth-order valence-corrected chi connectivity index (χ4v) is 2.73. The molecule has 2 N–H and O–H groups in total. The lowest BCUT2D eigenvalue weighted by molar-refractivity contribution is 0.0699. The van der Waals surface area contributed by atoms with Crippen molar-refractivity contribution in [3.8, 4) is 0 Å². The van der Waals surface area contributed by atoms with Crippen molar-refractivity contribution in [2.24, 2.45) is 0 Å². The van der Waals surface area contributed by atoms with Crippen LogP contribution in [0.4, 0.5) is 5.69 Å². The highest BCUT2D eigenvalue weighted by Crippen LogP contribution is 2.26. The molecule has 106 valence electrons. The number of carbonyl (C=O) groups is 1. The topological polar surface area (TPSA) is 49.3 Å². The van der Waals surface area contributed by atoms with Gasteiger partial charge in [-0.25, -0.2) is 4.79 Å². The van der Waals surface area contributed by atoms with Gasteiger partial charge in [-0.3, -0.25) is 0 Å². The molecule has 2 aromatic rings. The van der Waals surface area contributed by atoms with Crippen LogP contribution < -0.4 is 5.32 Å². The van der Waals surface area contributed by atoms with Crippen molar-refractivity contribution in [2.45, 2.75) is 12.8 Å². The first kappa shape index (κ1) is 14.7. The Bertz CT molecular complexity index is 598. The third-order valence-corrected chi connectivity index (χ3v) is 3.94. The van der Waals surface area contributed by atoms with Crippen LogP contribution in [0.5, 0.6) is 0 Å². The Kier molecular flexibility index (Phi) is 5.30. The summed E-state index contributed by atoms with van der Waals surface area (Å²) in [5.74, 6) is 0.299. The maximum absolute atomic E-state index is 11.2. The van der Waals surface area contributed by atoms with Crippen LogP contribution in [0.2, 0.25) is 0 Å². The molecule has 0 radical (unpaired) electrons. The molecule has 0 aliphatic rings. The van der Waals surface area contributed by atoms with Crippen molar-refractivity contribution in [3.05, 3.63) is 42.0 Å². The first-order valence-corrected chi connectivity index (χ1v) is 8.11. The van der Waals surface area contributed by atoms with E-state index in [1.165, 1.54) is 12.2 Å². The third kappa shape index (κ3) is 3.45. The maximum Gasteiger partial charge on any atom is 0.336 e. The van der Waals surface area contributed by atoms with Crippen molar-refractivity contribution in [3.63, 3.8) is 0 Å². The third-order valence-electron chi connectivity index (χ3n) is 3.25. The zero-order chi connectivity index (χ0) is 14.4. The number of aromatic carboxylic acids is 1. The molecule has 0 bridgehead atoms. The number of nitrogens with one attached hydrogen (secondary N) is 1. The molecule has 2 aromatic carbocycles. The van der Waals surface area contributed by atoms with Crippen molar-refractivity contribution in [1.29, 1.82) is 0 Å². The minimum atomic E-state index is -0.882. The number of benzene rings is 2. The molecule has 0 heterocycles. The molecule has 3 nitrogen and oxygen atoms in total. The van der Waals surface area contributed by atoms with Crippen LogP contribution in [0, 0.1) is 0 Å². The molecule has 0 saturated heterocycles. The monoisotopic (exact) mass is 289 g/mol. The summed E-state index contributed by atoms with van der Waals surface area (Å²) in [4.78, 5) is 11.2. The van der Waals surface area contributed by atoms with E-state index in [1.807, 2.05) is 42.1 Å². The molecule has 2 rings (SSSR count). The predicted molar refractivity (Wildman–Crippen MR) is 87.0 cm³/mol. The van der Waals surface area contributed by atoms with Gasteiger partial charge in [0.25, 0.3) is 0 Å². The Hall–Kier alpha value is -1.68. The summed E-state index contributed by atoms with van der Waals surface area (Å²) in [6.45, 7) is 0.914. The lowest BCUT2D eigenvalue weighted by atomic mass is 10.0. The highest BCUT2D eigenvalue weighted by Gasteiger charge is 2.10. The molecule has 0 saturated carbocycles. The van der Waals surface area contributed by atoms with E-state index in [9.17, 15) is 9.90 Å². The molecule has 0 aromatic heterocycles. The summed E-state index contributed by atoms with van der Waals surface area (Å²) in [5, 5.41) is 14.4. The van der Waals surface area contributed by atoms with Crippen LogP contribution in [0.1, 0.15) is 23.2 Å². The number of rotatable bonds is 7. The van der Waals surface area contributed by atoms with E-state index in [1.54, 1.807) is 6.07 Å². The van der Waals surface area contributed by atoms with E-state index in [0.717, 1.165) is 29.4 Å². The standard InChI is InChI=1S/C16H19NO2S/c1-20-11-5-4-10-17-15-9-8-14(16(18)19)12-6-2-3-7-13(12)15/h2-3,6-9,17H,4-5,10-11H2,1H3,(H,18,19). The van der Waals surface area contributed by atoms with Crippen molar-refractivity contribution in [1.82, 2.24) is 0 Å². The molecule has 0 unspecified atom stereocenters. The largest absolute Gasteiger partial charge is 0.478 e.